The molecule has 2 aliphatic heterocycles. The smallest absolute Gasteiger partial charge is 0.254 e. The molecule has 1 amide bonds. The number of H-pyrrole nitrogens is 1. The zero-order valence-electron chi connectivity index (χ0n) is 18.5. The molecule has 1 saturated heterocycles. The molecular weight excluding hydrogens is 402 g/mol. The molecule has 2 aromatic heterocycles. The third-order valence-electron chi connectivity index (χ3n) is 8.15. The van der Waals surface area contributed by atoms with Crippen LogP contribution in [0, 0.1) is 17.8 Å². The molecule has 2 aromatic rings. The predicted molar refractivity (Wildman–Crippen MR) is 120 cm³/mol. The summed E-state index contributed by atoms with van der Waals surface area (Å²) in [7, 11) is 0. The lowest BCUT2D eigenvalue weighted by Gasteiger charge is -2.28. The lowest BCUT2D eigenvalue weighted by atomic mass is 10.0. The average Bonchev–Trinajstić information content (AvgIpc) is 3.33. The Kier molecular flexibility index (Phi) is 5.09. The van der Waals surface area contributed by atoms with Crippen LogP contribution in [0.3, 0.4) is 0 Å². The molecule has 6 rings (SSSR count). The van der Waals surface area contributed by atoms with Crippen molar-refractivity contribution in [1.82, 2.24) is 24.8 Å². The van der Waals surface area contributed by atoms with Crippen LogP contribution < -0.4 is 5.56 Å². The Bertz CT molecular complexity index is 1060. The fraction of sp³-hybridized carbons (Fsp3) is 0.600. The fourth-order valence-electron chi connectivity index (χ4n) is 6.34. The largest absolute Gasteiger partial charge is 0.342 e. The van der Waals surface area contributed by atoms with Gasteiger partial charge in [0, 0.05) is 62.5 Å². The molecule has 3 fully saturated rings. The summed E-state index contributed by atoms with van der Waals surface area (Å²) in [5.74, 6) is 2.81. The van der Waals surface area contributed by atoms with Crippen LogP contribution in [-0.4, -0.2) is 50.3 Å². The maximum Gasteiger partial charge on any atom is 0.254 e. The Morgan fingerprint density at radius 3 is 2.66 bits per heavy atom. The Morgan fingerprint density at radius 2 is 1.88 bits per heavy atom. The molecule has 1 N–H and O–H groups in total. The van der Waals surface area contributed by atoms with Gasteiger partial charge in [0.05, 0.1) is 5.69 Å². The number of fused-ring (bicyclic) bond motifs is 2. The molecule has 7 heteroatoms. The van der Waals surface area contributed by atoms with E-state index in [1.165, 1.54) is 31.2 Å². The van der Waals surface area contributed by atoms with Gasteiger partial charge < -0.3 is 9.88 Å². The molecule has 0 aromatic carbocycles. The number of aromatic amines is 1. The first-order chi connectivity index (χ1) is 15.7. The summed E-state index contributed by atoms with van der Waals surface area (Å²) in [5, 5.41) is 0. The van der Waals surface area contributed by atoms with Crippen molar-refractivity contribution in [3.05, 3.63) is 57.5 Å². The SMILES string of the molecule is O=C(C1[C@H]2CCCC[C@@H]12)N1CC[C@H](c2nc3c(c(=O)[nH]2)CCN(Cc2ccncc2)C3)C1. The molecule has 4 aliphatic rings. The summed E-state index contributed by atoms with van der Waals surface area (Å²) in [5.41, 5.74) is 2.96. The molecule has 0 radical (unpaired) electrons. The van der Waals surface area contributed by atoms with Gasteiger partial charge >= 0.3 is 0 Å². The highest BCUT2D eigenvalue weighted by atomic mass is 16.2. The minimum Gasteiger partial charge on any atom is -0.342 e. The number of hydrogen-bond acceptors (Lipinski definition) is 5. The van der Waals surface area contributed by atoms with Gasteiger partial charge in [0.2, 0.25) is 5.91 Å². The monoisotopic (exact) mass is 433 g/mol. The molecule has 0 spiro atoms. The van der Waals surface area contributed by atoms with Crippen molar-refractivity contribution >= 4 is 5.91 Å². The second kappa shape index (κ2) is 8.10. The first-order valence-corrected chi connectivity index (χ1v) is 12.2. The Balaban J connectivity index is 1.15. The minimum atomic E-state index is 0.00607. The third kappa shape index (κ3) is 3.66. The molecular formula is C25H31N5O2. The number of carbonyl (C=O) groups excluding carboxylic acids is 1. The van der Waals surface area contributed by atoms with Crippen LogP contribution in [0.5, 0.6) is 0 Å². The molecule has 0 bridgehead atoms. The van der Waals surface area contributed by atoms with Crippen molar-refractivity contribution in [3.63, 3.8) is 0 Å². The van der Waals surface area contributed by atoms with Gasteiger partial charge in [0.1, 0.15) is 5.82 Å². The normalized spacial score (nSPS) is 29.4. The maximum absolute atomic E-state index is 13.1. The molecule has 7 nitrogen and oxygen atoms in total. The quantitative estimate of drug-likeness (QED) is 0.801. The van der Waals surface area contributed by atoms with Gasteiger partial charge in [-0.25, -0.2) is 4.98 Å². The van der Waals surface area contributed by atoms with Crippen LogP contribution in [0.15, 0.2) is 29.3 Å². The van der Waals surface area contributed by atoms with Crippen LogP contribution in [0.2, 0.25) is 0 Å². The first-order valence-electron chi connectivity index (χ1n) is 12.2. The van der Waals surface area contributed by atoms with Gasteiger partial charge in [-0.2, -0.15) is 0 Å². The number of likely N-dealkylation sites (tertiary alicyclic amines) is 1. The highest BCUT2D eigenvalue weighted by Gasteiger charge is 2.56. The van der Waals surface area contributed by atoms with Crippen molar-refractivity contribution in [2.24, 2.45) is 17.8 Å². The standard InChI is InChI=1S/C25H31N5O2/c31-24-20-8-11-29(13-16-5-9-26-10-6-16)15-21(20)27-23(28-24)17-7-12-30(14-17)25(32)22-18-3-1-2-4-19(18)22/h5-6,9-10,17-19,22H,1-4,7-8,11-15H2,(H,27,28,31)/t17-,18-,19+,22?/m0/s1. The first kappa shape index (κ1) is 20.1. The lowest BCUT2D eigenvalue weighted by Crippen LogP contribution is -2.36. The lowest BCUT2D eigenvalue weighted by molar-refractivity contribution is -0.132. The van der Waals surface area contributed by atoms with E-state index < -0.39 is 0 Å². The second-order valence-electron chi connectivity index (χ2n) is 10.1. The number of nitrogens with zero attached hydrogens (tertiary/aromatic N) is 4. The molecule has 32 heavy (non-hydrogen) atoms. The van der Waals surface area contributed by atoms with E-state index in [1.807, 2.05) is 29.4 Å². The van der Waals surface area contributed by atoms with Crippen molar-refractivity contribution in [2.45, 2.75) is 57.5 Å². The summed E-state index contributed by atoms with van der Waals surface area (Å²) < 4.78 is 0. The molecule has 2 aliphatic carbocycles. The highest BCUT2D eigenvalue weighted by Crippen LogP contribution is 2.56. The van der Waals surface area contributed by atoms with E-state index in [4.69, 9.17) is 4.98 Å². The van der Waals surface area contributed by atoms with Gasteiger partial charge in [-0.1, -0.05) is 12.8 Å². The number of pyridine rings is 1. The summed E-state index contributed by atoms with van der Waals surface area (Å²) in [6.07, 6.45) is 10.3. The van der Waals surface area contributed by atoms with Crippen LogP contribution in [0.4, 0.5) is 0 Å². The fourth-order valence-corrected chi connectivity index (χ4v) is 6.34. The van der Waals surface area contributed by atoms with E-state index in [9.17, 15) is 9.59 Å². The number of nitrogens with one attached hydrogen (secondary N) is 1. The highest BCUT2D eigenvalue weighted by molar-refractivity contribution is 5.82. The third-order valence-corrected chi connectivity index (χ3v) is 8.15. The Hall–Kier alpha value is -2.54. The van der Waals surface area contributed by atoms with Gasteiger partial charge in [-0.3, -0.25) is 19.5 Å². The summed E-state index contributed by atoms with van der Waals surface area (Å²) >= 11 is 0. The van der Waals surface area contributed by atoms with Crippen molar-refractivity contribution in [2.75, 3.05) is 19.6 Å². The van der Waals surface area contributed by atoms with Crippen LogP contribution in [0.25, 0.3) is 0 Å². The van der Waals surface area contributed by atoms with Gasteiger partial charge in [0.25, 0.3) is 5.56 Å². The molecule has 4 atom stereocenters. The molecule has 2 saturated carbocycles. The summed E-state index contributed by atoms with van der Waals surface area (Å²) in [6.45, 7) is 3.86. The van der Waals surface area contributed by atoms with Gasteiger partial charge in [0.15, 0.2) is 0 Å². The van der Waals surface area contributed by atoms with Crippen molar-refractivity contribution in [1.29, 1.82) is 0 Å². The maximum atomic E-state index is 13.1. The van der Waals surface area contributed by atoms with E-state index in [0.717, 1.165) is 49.6 Å². The van der Waals surface area contributed by atoms with E-state index >= 15 is 0 Å². The van der Waals surface area contributed by atoms with Crippen LogP contribution >= 0.6 is 0 Å². The number of carbonyl (C=O) groups is 1. The zero-order valence-corrected chi connectivity index (χ0v) is 18.5. The molecule has 168 valence electrons. The number of hydrogen-bond donors (Lipinski definition) is 1. The average molecular weight is 434 g/mol. The van der Waals surface area contributed by atoms with E-state index in [0.29, 0.717) is 30.8 Å². The number of amides is 1. The summed E-state index contributed by atoms with van der Waals surface area (Å²) in [4.78, 5) is 42.4. The Labute approximate surface area is 188 Å². The van der Waals surface area contributed by atoms with Gasteiger partial charge in [-0.15, -0.1) is 0 Å². The van der Waals surface area contributed by atoms with E-state index in [1.54, 1.807) is 0 Å². The van der Waals surface area contributed by atoms with Crippen molar-refractivity contribution < 1.29 is 4.79 Å². The predicted octanol–water partition coefficient (Wildman–Crippen LogP) is 2.48. The molecule has 4 heterocycles. The second-order valence-corrected chi connectivity index (χ2v) is 10.1. The molecule has 1 unspecified atom stereocenters. The van der Waals surface area contributed by atoms with Crippen LogP contribution in [-0.2, 0) is 24.3 Å². The topological polar surface area (TPSA) is 82.2 Å². The van der Waals surface area contributed by atoms with E-state index in [2.05, 4.69) is 14.9 Å². The van der Waals surface area contributed by atoms with Crippen LogP contribution in [0.1, 0.15) is 60.7 Å². The van der Waals surface area contributed by atoms with Crippen molar-refractivity contribution in [3.8, 4) is 0 Å². The zero-order chi connectivity index (χ0) is 21.7. The number of rotatable bonds is 4. The van der Waals surface area contributed by atoms with E-state index in [-0.39, 0.29) is 17.4 Å². The summed E-state index contributed by atoms with van der Waals surface area (Å²) in [6, 6.07) is 4.07. The van der Waals surface area contributed by atoms with Gasteiger partial charge in [-0.05, 0) is 55.2 Å². The Morgan fingerprint density at radius 1 is 1.09 bits per heavy atom. The number of aromatic nitrogens is 3. The minimum absolute atomic E-state index is 0.00607.